The maximum absolute atomic E-state index is 12.0. The maximum atomic E-state index is 12.0. The standard InChI is InChI=1S/C11H14N4O2S/c1-3-4-5-13-9-7(10(17)14-5)6(8(12)16)11(15-9)18-2/h3-4H2,1-2H3,(H2,12,16)(H2,13,14,15,17). The number of aryl methyl sites for hydroxylation is 1. The lowest BCUT2D eigenvalue weighted by atomic mass is 10.2. The third-order valence-corrected chi connectivity index (χ3v) is 3.33. The molecule has 0 aliphatic heterocycles. The molecular weight excluding hydrogens is 252 g/mol. The molecule has 4 N–H and O–H groups in total. The molecule has 0 saturated heterocycles. The van der Waals surface area contributed by atoms with Gasteiger partial charge in [-0.2, -0.15) is 0 Å². The molecule has 0 aliphatic rings. The number of nitrogens with two attached hydrogens (primary N) is 1. The van der Waals surface area contributed by atoms with Gasteiger partial charge < -0.3 is 15.7 Å². The van der Waals surface area contributed by atoms with Crippen LogP contribution in [-0.4, -0.2) is 27.1 Å². The van der Waals surface area contributed by atoms with Crippen molar-refractivity contribution in [3.63, 3.8) is 0 Å². The highest BCUT2D eigenvalue weighted by molar-refractivity contribution is 7.98. The Labute approximate surface area is 107 Å². The Balaban J connectivity index is 2.77. The van der Waals surface area contributed by atoms with Crippen LogP contribution in [0.25, 0.3) is 11.0 Å². The number of carbonyl (C=O) groups excluding carboxylic acids is 1. The molecule has 0 bridgehead atoms. The Bertz CT molecular complexity index is 659. The minimum absolute atomic E-state index is 0.217. The molecule has 6 nitrogen and oxygen atoms in total. The minimum Gasteiger partial charge on any atom is -0.365 e. The summed E-state index contributed by atoms with van der Waals surface area (Å²) < 4.78 is 0. The van der Waals surface area contributed by atoms with Crippen LogP contribution in [0.3, 0.4) is 0 Å². The molecule has 0 fully saturated rings. The molecule has 2 aromatic heterocycles. The van der Waals surface area contributed by atoms with Gasteiger partial charge in [0.1, 0.15) is 11.5 Å². The van der Waals surface area contributed by atoms with Gasteiger partial charge in [0.15, 0.2) is 0 Å². The number of thioether (sulfide) groups is 1. The Hall–Kier alpha value is -1.76. The number of hydrogen-bond acceptors (Lipinski definition) is 4. The van der Waals surface area contributed by atoms with Gasteiger partial charge in [0.2, 0.25) is 0 Å². The molecule has 0 aromatic carbocycles. The van der Waals surface area contributed by atoms with Crippen molar-refractivity contribution in [1.29, 1.82) is 0 Å². The van der Waals surface area contributed by atoms with Gasteiger partial charge in [0.05, 0.1) is 16.0 Å². The summed E-state index contributed by atoms with van der Waals surface area (Å²) in [5.41, 5.74) is 5.62. The van der Waals surface area contributed by atoms with Crippen LogP contribution >= 0.6 is 11.8 Å². The third kappa shape index (κ3) is 2.01. The van der Waals surface area contributed by atoms with Gasteiger partial charge in [0.25, 0.3) is 11.5 Å². The van der Waals surface area contributed by atoms with E-state index in [1.165, 1.54) is 11.8 Å². The van der Waals surface area contributed by atoms with Crippen molar-refractivity contribution in [2.75, 3.05) is 6.26 Å². The van der Waals surface area contributed by atoms with E-state index in [-0.39, 0.29) is 16.5 Å². The quantitative estimate of drug-likeness (QED) is 0.718. The van der Waals surface area contributed by atoms with Gasteiger partial charge in [-0.05, 0) is 12.7 Å². The van der Waals surface area contributed by atoms with Crippen LogP contribution in [0, 0.1) is 0 Å². The third-order valence-electron chi connectivity index (χ3n) is 2.61. The van der Waals surface area contributed by atoms with Crippen molar-refractivity contribution in [3.8, 4) is 0 Å². The molecule has 96 valence electrons. The van der Waals surface area contributed by atoms with Crippen molar-refractivity contribution in [2.24, 2.45) is 5.73 Å². The molecule has 7 heteroatoms. The summed E-state index contributed by atoms with van der Waals surface area (Å²) in [6.45, 7) is 2.00. The molecule has 2 aromatic rings. The predicted molar refractivity (Wildman–Crippen MR) is 71.0 cm³/mol. The summed E-state index contributed by atoms with van der Waals surface area (Å²) in [4.78, 5) is 33.4. The highest BCUT2D eigenvalue weighted by Crippen LogP contribution is 2.24. The number of hydrogen-bond donors (Lipinski definition) is 3. The first kappa shape index (κ1) is 12.7. The van der Waals surface area contributed by atoms with Crippen LogP contribution in [0.1, 0.15) is 29.5 Å². The summed E-state index contributed by atoms with van der Waals surface area (Å²) in [5.74, 6) is -0.0129. The maximum Gasteiger partial charge on any atom is 0.261 e. The summed E-state index contributed by atoms with van der Waals surface area (Å²) in [6.07, 6.45) is 3.37. The van der Waals surface area contributed by atoms with E-state index in [1.54, 1.807) is 6.26 Å². The first-order valence-corrected chi connectivity index (χ1v) is 6.79. The fourth-order valence-electron chi connectivity index (χ4n) is 1.87. The van der Waals surface area contributed by atoms with E-state index in [1.807, 2.05) is 6.92 Å². The number of amides is 1. The van der Waals surface area contributed by atoms with Crippen LogP contribution in [-0.2, 0) is 6.42 Å². The minimum atomic E-state index is -0.624. The van der Waals surface area contributed by atoms with E-state index < -0.39 is 5.91 Å². The van der Waals surface area contributed by atoms with E-state index in [2.05, 4.69) is 15.0 Å². The predicted octanol–water partition coefficient (Wildman–Crippen LogP) is 1.02. The van der Waals surface area contributed by atoms with Crippen molar-refractivity contribution >= 4 is 28.7 Å². The molecule has 0 radical (unpaired) electrons. The van der Waals surface area contributed by atoms with Gasteiger partial charge in [-0.15, -0.1) is 11.8 Å². The zero-order valence-corrected chi connectivity index (χ0v) is 11.0. The average molecular weight is 266 g/mol. The second-order valence-corrected chi connectivity index (χ2v) is 4.70. The van der Waals surface area contributed by atoms with E-state index in [0.717, 1.165) is 6.42 Å². The lowest BCUT2D eigenvalue weighted by Crippen LogP contribution is -2.17. The van der Waals surface area contributed by atoms with Crippen molar-refractivity contribution in [3.05, 3.63) is 21.7 Å². The van der Waals surface area contributed by atoms with Crippen molar-refractivity contribution < 1.29 is 4.79 Å². The smallest absolute Gasteiger partial charge is 0.261 e. The second-order valence-electron chi connectivity index (χ2n) is 3.88. The van der Waals surface area contributed by atoms with Gasteiger partial charge in [-0.25, -0.2) is 4.98 Å². The molecule has 1 amide bonds. The van der Waals surface area contributed by atoms with Gasteiger partial charge in [-0.1, -0.05) is 6.92 Å². The highest BCUT2D eigenvalue weighted by atomic mass is 32.2. The van der Waals surface area contributed by atoms with Crippen LogP contribution in [0.4, 0.5) is 0 Å². The first-order valence-electron chi connectivity index (χ1n) is 5.57. The molecule has 0 aliphatic carbocycles. The lowest BCUT2D eigenvalue weighted by molar-refractivity contribution is 0.0999. The van der Waals surface area contributed by atoms with Crippen molar-refractivity contribution in [2.45, 2.75) is 24.8 Å². The zero-order valence-electron chi connectivity index (χ0n) is 10.2. The monoisotopic (exact) mass is 266 g/mol. The molecule has 18 heavy (non-hydrogen) atoms. The molecule has 2 rings (SSSR count). The highest BCUT2D eigenvalue weighted by Gasteiger charge is 2.19. The van der Waals surface area contributed by atoms with E-state index in [0.29, 0.717) is 22.9 Å². The zero-order chi connectivity index (χ0) is 13.3. The molecule has 0 atom stereocenters. The number of fused-ring (bicyclic) bond motifs is 1. The largest absolute Gasteiger partial charge is 0.365 e. The van der Waals surface area contributed by atoms with Crippen LogP contribution in [0.2, 0.25) is 0 Å². The molecular formula is C11H14N4O2S. The Morgan fingerprint density at radius 3 is 2.72 bits per heavy atom. The van der Waals surface area contributed by atoms with Crippen LogP contribution in [0.5, 0.6) is 0 Å². The molecule has 2 heterocycles. The summed E-state index contributed by atoms with van der Waals surface area (Å²) in [5, 5.41) is 0.816. The number of nitrogens with zero attached hydrogens (tertiary/aromatic N) is 1. The normalized spacial score (nSPS) is 11.0. The molecule has 0 spiro atoms. The SMILES string of the molecule is CCCc1nc2[nH]c(SC)c(C(N)=O)c2c(=O)[nH]1. The summed E-state index contributed by atoms with van der Waals surface area (Å²) in [6, 6.07) is 0. The number of H-pyrrole nitrogens is 2. The fraction of sp³-hybridized carbons (Fsp3) is 0.364. The Morgan fingerprint density at radius 2 is 2.17 bits per heavy atom. The van der Waals surface area contributed by atoms with E-state index in [4.69, 9.17) is 5.73 Å². The average Bonchev–Trinajstić information content (AvgIpc) is 2.68. The van der Waals surface area contributed by atoms with Gasteiger partial charge >= 0.3 is 0 Å². The number of aromatic nitrogens is 3. The summed E-state index contributed by atoms with van der Waals surface area (Å²) >= 11 is 1.33. The molecule has 0 saturated carbocycles. The van der Waals surface area contributed by atoms with E-state index >= 15 is 0 Å². The van der Waals surface area contributed by atoms with Crippen LogP contribution in [0.15, 0.2) is 9.82 Å². The molecule has 0 unspecified atom stereocenters. The Kier molecular flexibility index (Phi) is 3.42. The Morgan fingerprint density at radius 1 is 1.44 bits per heavy atom. The number of nitrogens with one attached hydrogen (secondary N) is 2. The number of primary amides is 1. The number of aromatic amines is 2. The number of rotatable bonds is 4. The first-order chi connectivity index (χ1) is 8.58. The number of carbonyl (C=O) groups is 1. The van der Waals surface area contributed by atoms with Gasteiger partial charge in [-0.3, -0.25) is 9.59 Å². The lowest BCUT2D eigenvalue weighted by Gasteiger charge is -1.98. The van der Waals surface area contributed by atoms with E-state index in [9.17, 15) is 9.59 Å². The van der Waals surface area contributed by atoms with Crippen molar-refractivity contribution in [1.82, 2.24) is 15.0 Å². The topological polar surface area (TPSA) is 105 Å². The fourth-order valence-corrected chi connectivity index (χ4v) is 2.47. The van der Waals surface area contributed by atoms with Gasteiger partial charge in [0, 0.05) is 6.42 Å². The summed E-state index contributed by atoms with van der Waals surface area (Å²) in [7, 11) is 0. The van der Waals surface area contributed by atoms with Crippen LogP contribution < -0.4 is 11.3 Å². The second kappa shape index (κ2) is 4.85.